The zero-order valence-electron chi connectivity index (χ0n) is 19.5. The van der Waals surface area contributed by atoms with Gasteiger partial charge in [0.25, 0.3) is 5.91 Å². The summed E-state index contributed by atoms with van der Waals surface area (Å²) in [7, 11) is -4.50. The van der Waals surface area contributed by atoms with Gasteiger partial charge >= 0.3 is 16.3 Å². The summed E-state index contributed by atoms with van der Waals surface area (Å²) in [6.45, 7) is 6.57. The van der Waals surface area contributed by atoms with Crippen molar-refractivity contribution in [1.29, 1.82) is 0 Å². The Morgan fingerprint density at radius 3 is 2.26 bits per heavy atom. The third-order valence-corrected chi connectivity index (χ3v) is 6.34. The Bertz CT molecular complexity index is 1290. The number of carbonyl (C=O) groups is 1. The highest BCUT2D eigenvalue weighted by molar-refractivity contribution is 7.87. The second-order valence-electron chi connectivity index (χ2n) is 8.66. The summed E-state index contributed by atoms with van der Waals surface area (Å²) in [4.78, 5) is 14.2. The summed E-state index contributed by atoms with van der Waals surface area (Å²) in [5, 5.41) is 0. The number of amides is 1. The molecule has 0 heterocycles. The molecule has 0 N–H and O–H groups in total. The lowest BCUT2D eigenvalue weighted by atomic mass is 10.1. The molecule has 0 spiro atoms. The number of halogens is 3. The van der Waals surface area contributed by atoms with E-state index in [1.165, 1.54) is 12.1 Å². The van der Waals surface area contributed by atoms with Crippen LogP contribution >= 0.6 is 0 Å². The highest BCUT2D eigenvalue weighted by Gasteiger charge is 2.32. The molecule has 0 unspecified atom stereocenters. The van der Waals surface area contributed by atoms with Gasteiger partial charge in [0.1, 0.15) is 10.6 Å². The first kappa shape index (κ1) is 26.3. The largest absolute Gasteiger partial charge is 0.416 e. The van der Waals surface area contributed by atoms with Gasteiger partial charge < -0.3 is 9.08 Å². The number of aryl methyl sites for hydroxylation is 1. The van der Waals surface area contributed by atoms with Crippen molar-refractivity contribution in [3.63, 3.8) is 0 Å². The van der Waals surface area contributed by atoms with Crippen molar-refractivity contribution < 1.29 is 30.6 Å². The van der Waals surface area contributed by atoms with Crippen molar-refractivity contribution in [3.8, 4) is 5.75 Å². The molecule has 186 valence electrons. The van der Waals surface area contributed by atoms with Crippen molar-refractivity contribution in [2.24, 2.45) is 5.92 Å². The summed E-state index contributed by atoms with van der Waals surface area (Å²) in [5.41, 5.74) is 1.09. The van der Waals surface area contributed by atoms with E-state index >= 15 is 0 Å². The highest BCUT2D eigenvalue weighted by Crippen LogP contribution is 2.31. The van der Waals surface area contributed by atoms with Crippen LogP contribution in [0.5, 0.6) is 5.75 Å². The van der Waals surface area contributed by atoms with Crippen LogP contribution in [0, 0.1) is 12.8 Å². The van der Waals surface area contributed by atoms with Crippen molar-refractivity contribution in [2.75, 3.05) is 6.54 Å². The van der Waals surface area contributed by atoms with E-state index in [1.54, 1.807) is 29.2 Å². The van der Waals surface area contributed by atoms with Gasteiger partial charge in [-0.3, -0.25) is 4.79 Å². The number of carbonyl (C=O) groups excluding carboxylic acids is 1. The second kappa shape index (κ2) is 10.5. The minimum atomic E-state index is -4.69. The molecule has 0 aromatic heterocycles. The Balaban J connectivity index is 1.83. The number of hydrogen-bond acceptors (Lipinski definition) is 4. The molecule has 0 saturated heterocycles. The fourth-order valence-electron chi connectivity index (χ4n) is 3.46. The van der Waals surface area contributed by atoms with Gasteiger partial charge in [-0.05, 0) is 60.9 Å². The zero-order valence-corrected chi connectivity index (χ0v) is 20.4. The lowest BCUT2D eigenvalue weighted by Crippen LogP contribution is -2.33. The molecule has 0 bridgehead atoms. The minimum absolute atomic E-state index is 0.0628. The zero-order chi connectivity index (χ0) is 25.8. The number of nitrogens with zero attached hydrogens (tertiary/aromatic N) is 1. The van der Waals surface area contributed by atoms with Gasteiger partial charge in [-0.1, -0.05) is 49.7 Å². The van der Waals surface area contributed by atoms with E-state index in [0.717, 1.165) is 23.8 Å². The minimum Gasteiger partial charge on any atom is -0.379 e. The van der Waals surface area contributed by atoms with Crippen LogP contribution in [0.1, 0.15) is 40.9 Å². The van der Waals surface area contributed by atoms with E-state index in [2.05, 4.69) is 0 Å². The first-order chi connectivity index (χ1) is 16.3. The SMILES string of the molecule is Cc1ccc(C(=O)N(Cc2cccc(OS(=O)(=O)c3cccc(C(F)(F)F)c3)c2)CC(C)C)cc1. The van der Waals surface area contributed by atoms with Gasteiger partial charge in [0.15, 0.2) is 0 Å². The fraction of sp³-hybridized carbons (Fsp3) is 0.269. The van der Waals surface area contributed by atoms with Crippen molar-refractivity contribution in [2.45, 2.75) is 38.4 Å². The molecular formula is C26H26F3NO4S. The molecule has 9 heteroatoms. The van der Waals surface area contributed by atoms with Crippen LogP contribution in [-0.2, 0) is 22.8 Å². The van der Waals surface area contributed by atoms with Crippen LogP contribution in [0.25, 0.3) is 0 Å². The van der Waals surface area contributed by atoms with Crippen molar-refractivity contribution in [3.05, 3.63) is 95.1 Å². The number of benzene rings is 3. The van der Waals surface area contributed by atoms with E-state index in [-0.39, 0.29) is 24.1 Å². The molecule has 0 radical (unpaired) electrons. The summed E-state index contributed by atoms with van der Waals surface area (Å²) >= 11 is 0. The third kappa shape index (κ3) is 7.08. The molecular weight excluding hydrogens is 479 g/mol. The maximum Gasteiger partial charge on any atom is 0.416 e. The molecule has 0 fully saturated rings. The van der Waals surface area contributed by atoms with E-state index in [9.17, 15) is 26.4 Å². The third-order valence-electron chi connectivity index (χ3n) is 5.10. The van der Waals surface area contributed by atoms with E-state index in [4.69, 9.17) is 4.18 Å². The molecule has 0 aliphatic heterocycles. The molecule has 35 heavy (non-hydrogen) atoms. The lowest BCUT2D eigenvalue weighted by molar-refractivity contribution is -0.137. The maximum atomic E-state index is 13.1. The predicted molar refractivity (Wildman–Crippen MR) is 126 cm³/mol. The molecule has 0 saturated carbocycles. The Morgan fingerprint density at radius 2 is 1.63 bits per heavy atom. The molecule has 3 aromatic rings. The average Bonchev–Trinajstić information content (AvgIpc) is 2.78. The standard InChI is InChI=1S/C26H26F3NO4S/c1-18(2)16-30(25(31)21-12-10-19(3)11-13-21)17-20-6-4-8-23(14-20)34-35(32,33)24-9-5-7-22(15-24)26(27,28)29/h4-15,18H,16-17H2,1-3H3. The van der Waals surface area contributed by atoms with Crippen molar-refractivity contribution in [1.82, 2.24) is 4.90 Å². The lowest BCUT2D eigenvalue weighted by Gasteiger charge is -2.25. The van der Waals surface area contributed by atoms with E-state index in [1.807, 2.05) is 32.9 Å². The number of hydrogen-bond donors (Lipinski definition) is 0. The molecule has 3 rings (SSSR count). The van der Waals surface area contributed by atoms with Crippen LogP contribution in [-0.4, -0.2) is 25.8 Å². The molecule has 0 atom stereocenters. The number of alkyl halides is 3. The Kier molecular flexibility index (Phi) is 7.90. The quantitative estimate of drug-likeness (QED) is 0.348. The Morgan fingerprint density at radius 1 is 0.971 bits per heavy atom. The Hall–Kier alpha value is -3.33. The van der Waals surface area contributed by atoms with Crippen LogP contribution < -0.4 is 4.18 Å². The summed E-state index contributed by atoms with van der Waals surface area (Å²) in [5.74, 6) is -0.0427. The Labute approximate surface area is 203 Å². The first-order valence-corrected chi connectivity index (χ1v) is 12.3. The number of rotatable bonds is 8. The van der Waals surface area contributed by atoms with Gasteiger partial charge in [-0.2, -0.15) is 21.6 Å². The van der Waals surface area contributed by atoms with Gasteiger partial charge in [-0.15, -0.1) is 0 Å². The average molecular weight is 506 g/mol. The topological polar surface area (TPSA) is 63.7 Å². The molecule has 3 aromatic carbocycles. The van der Waals surface area contributed by atoms with E-state index in [0.29, 0.717) is 23.7 Å². The smallest absolute Gasteiger partial charge is 0.379 e. The van der Waals surface area contributed by atoms with Gasteiger partial charge in [0.2, 0.25) is 0 Å². The van der Waals surface area contributed by atoms with Gasteiger partial charge in [0.05, 0.1) is 5.56 Å². The normalized spacial score (nSPS) is 12.0. The van der Waals surface area contributed by atoms with Crippen LogP contribution in [0.2, 0.25) is 0 Å². The molecule has 0 aliphatic carbocycles. The summed E-state index contributed by atoms with van der Waals surface area (Å²) in [6, 6.07) is 16.7. The molecule has 0 aliphatic rings. The van der Waals surface area contributed by atoms with Gasteiger partial charge in [0, 0.05) is 18.7 Å². The first-order valence-electron chi connectivity index (χ1n) is 10.9. The van der Waals surface area contributed by atoms with E-state index < -0.39 is 26.8 Å². The second-order valence-corrected chi connectivity index (χ2v) is 10.2. The van der Waals surface area contributed by atoms with Crippen LogP contribution in [0.15, 0.2) is 77.7 Å². The maximum absolute atomic E-state index is 13.1. The van der Waals surface area contributed by atoms with Crippen LogP contribution in [0.4, 0.5) is 13.2 Å². The fourth-order valence-corrected chi connectivity index (χ4v) is 4.43. The summed E-state index contributed by atoms with van der Waals surface area (Å²) in [6.07, 6.45) is -4.69. The summed E-state index contributed by atoms with van der Waals surface area (Å²) < 4.78 is 69.3. The monoisotopic (exact) mass is 505 g/mol. The molecule has 1 amide bonds. The van der Waals surface area contributed by atoms with Crippen LogP contribution in [0.3, 0.4) is 0 Å². The van der Waals surface area contributed by atoms with Gasteiger partial charge in [-0.25, -0.2) is 0 Å². The highest BCUT2D eigenvalue weighted by atomic mass is 32.2. The predicted octanol–water partition coefficient (Wildman–Crippen LogP) is 6.08. The molecule has 5 nitrogen and oxygen atoms in total. The van der Waals surface area contributed by atoms with Crippen molar-refractivity contribution >= 4 is 16.0 Å².